The predicted octanol–water partition coefficient (Wildman–Crippen LogP) is 2.64. The molecule has 1 saturated carbocycles. The number of aliphatic carboxylic acids is 1. The maximum Gasteiger partial charge on any atom is 0.326 e. The smallest absolute Gasteiger partial charge is 0.326 e. The molecule has 2 atom stereocenters. The molecule has 4 rings (SSSR count). The summed E-state index contributed by atoms with van der Waals surface area (Å²) >= 11 is 0. The van der Waals surface area contributed by atoms with Crippen LogP contribution in [0.15, 0.2) is 24.3 Å². The van der Waals surface area contributed by atoms with Crippen LogP contribution in [0.4, 0.5) is 0 Å². The van der Waals surface area contributed by atoms with E-state index in [1.54, 1.807) is 0 Å². The Kier molecular flexibility index (Phi) is 6.53. The van der Waals surface area contributed by atoms with E-state index in [2.05, 4.69) is 15.3 Å². The van der Waals surface area contributed by atoms with Crippen molar-refractivity contribution in [1.29, 1.82) is 0 Å². The fraction of sp³-hybridized carbons (Fsp3) is 0.565. The lowest BCUT2D eigenvalue weighted by Gasteiger charge is -2.31. The number of benzene rings is 1. The molecule has 0 radical (unpaired) electrons. The first-order chi connectivity index (χ1) is 15.0. The molecule has 8 nitrogen and oxygen atoms in total. The molecule has 8 heteroatoms. The van der Waals surface area contributed by atoms with Crippen molar-refractivity contribution < 1.29 is 19.5 Å². The van der Waals surface area contributed by atoms with Gasteiger partial charge in [0, 0.05) is 6.54 Å². The van der Waals surface area contributed by atoms with Crippen LogP contribution in [0, 0.1) is 5.92 Å². The fourth-order valence-corrected chi connectivity index (χ4v) is 4.95. The lowest BCUT2D eigenvalue weighted by molar-refractivity contribution is -0.149. The van der Waals surface area contributed by atoms with Crippen molar-refractivity contribution in [3.63, 3.8) is 0 Å². The van der Waals surface area contributed by atoms with Crippen molar-refractivity contribution in [3.8, 4) is 0 Å². The van der Waals surface area contributed by atoms with Gasteiger partial charge in [0.2, 0.25) is 11.8 Å². The molecular weight excluding hydrogens is 396 g/mol. The van der Waals surface area contributed by atoms with E-state index in [0.29, 0.717) is 37.5 Å². The minimum atomic E-state index is -0.976. The summed E-state index contributed by atoms with van der Waals surface area (Å²) in [5.74, 6) is -0.601. The highest BCUT2D eigenvalue weighted by molar-refractivity contribution is 5.91. The highest BCUT2D eigenvalue weighted by Crippen LogP contribution is 2.29. The average molecular weight is 427 g/mol. The van der Waals surface area contributed by atoms with Crippen LogP contribution in [0.25, 0.3) is 11.0 Å². The monoisotopic (exact) mass is 426 g/mol. The summed E-state index contributed by atoms with van der Waals surface area (Å²) in [4.78, 5) is 46.7. The molecule has 2 aromatic rings. The number of aromatic amines is 1. The van der Waals surface area contributed by atoms with Gasteiger partial charge in [-0.3, -0.25) is 9.59 Å². The molecule has 1 aliphatic heterocycles. The zero-order valence-corrected chi connectivity index (χ0v) is 17.7. The number of nitrogens with one attached hydrogen (secondary N) is 2. The number of carboxylic acids is 1. The number of H-pyrrole nitrogens is 1. The Morgan fingerprint density at radius 2 is 1.90 bits per heavy atom. The van der Waals surface area contributed by atoms with Gasteiger partial charge in [-0.15, -0.1) is 0 Å². The van der Waals surface area contributed by atoms with Crippen molar-refractivity contribution in [1.82, 2.24) is 20.2 Å². The third-order valence-corrected chi connectivity index (χ3v) is 6.51. The van der Waals surface area contributed by atoms with Gasteiger partial charge in [0.15, 0.2) is 0 Å². The normalized spacial score (nSPS) is 20.6. The van der Waals surface area contributed by atoms with Crippen LogP contribution in [0.5, 0.6) is 0 Å². The Labute approximate surface area is 181 Å². The number of carbonyl (C=O) groups is 3. The zero-order chi connectivity index (χ0) is 21.8. The molecule has 31 heavy (non-hydrogen) atoms. The lowest BCUT2D eigenvalue weighted by Crippen LogP contribution is -2.52. The van der Waals surface area contributed by atoms with Crippen molar-refractivity contribution in [2.45, 2.75) is 69.9 Å². The average Bonchev–Trinajstić information content (AvgIpc) is 3.40. The van der Waals surface area contributed by atoms with E-state index in [1.807, 2.05) is 24.3 Å². The van der Waals surface area contributed by atoms with Crippen LogP contribution in [0.2, 0.25) is 0 Å². The van der Waals surface area contributed by atoms with Crippen molar-refractivity contribution in [2.24, 2.45) is 5.92 Å². The van der Waals surface area contributed by atoms with Crippen molar-refractivity contribution >= 4 is 28.8 Å². The number of hydrogen-bond donors (Lipinski definition) is 3. The summed E-state index contributed by atoms with van der Waals surface area (Å²) in [6.45, 7) is 0.427. The third-order valence-electron chi connectivity index (χ3n) is 6.51. The van der Waals surface area contributed by atoms with Crippen LogP contribution >= 0.6 is 0 Å². The van der Waals surface area contributed by atoms with Gasteiger partial charge in [0.1, 0.15) is 17.9 Å². The number of rotatable bonds is 7. The van der Waals surface area contributed by atoms with Crippen LogP contribution in [-0.2, 0) is 20.8 Å². The first-order valence-electron chi connectivity index (χ1n) is 11.3. The molecule has 2 fully saturated rings. The Hall–Kier alpha value is -2.90. The number of carboxylic acid groups (broad SMARTS) is 1. The second-order valence-electron chi connectivity index (χ2n) is 8.77. The van der Waals surface area contributed by atoms with Gasteiger partial charge in [-0.2, -0.15) is 0 Å². The maximum absolute atomic E-state index is 13.3. The molecule has 3 N–H and O–H groups in total. The topological polar surface area (TPSA) is 115 Å². The van der Waals surface area contributed by atoms with Crippen LogP contribution in [0.1, 0.15) is 57.2 Å². The van der Waals surface area contributed by atoms with Gasteiger partial charge < -0.3 is 20.3 Å². The van der Waals surface area contributed by atoms with E-state index in [4.69, 9.17) is 0 Å². The summed E-state index contributed by atoms with van der Waals surface area (Å²) in [7, 11) is 0. The largest absolute Gasteiger partial charge is 0.480 e. The number of para-hydroxylation sites is 2. The summed E-state index contributed by atoms with van der Waals surface area (Å²) < 4.78 is 0. The number of carbonyl (C=O) groups excluding carboxylic acids is 2. The molecular formula is C23H30N4O4. The SMILES string of the molecule is O=C(Cc1nc2ccccc2[nH]1)N[C@@H](CC1CCCCC1)C(=O)N1CCC[C@H]1C(=O)O. The molecule has 0 spiro atoms. The first-order valence-corrected chi connectivity index (χ1v) is 11.3. The first kappa shape index (κ1) is 21.3. The number of hydrogen-bond acceptors (Lipinski definition) is 4. The Bertz CT molecular complexity index is 917. The summed E-state index contributed by atoms with van der Waals surface area (Å²) in [5.41, 5.74) is 1.66. The Morgan fingerprint density at radius 1 is 1.13 bits per heavy atom. The molecule has 0 bridgehead atoms. The number of aromatic nitrogens is 2. The van der Waals surface area contributed by atoms with Gasteiger partial charge in [-0.25, -0.2) is 9.78 Å². The Balaban J connectivity index is 1.46. The van der Waals surface area contributed by atoms with E-state index in [0.717, 1.165) is 36.7 Å². The summed E-state index contributed by atoms with van der Waals surface area (Å²) in [6, 6.07) is 6.08. The molecule has 1 aromatic carbocycles. The van der Waals surface area contributed by atoms with Gasteiger partial charge in [-0.1, -0.05) is 44.2 Å². The van der Waals surface area contributed by atoms with E-state index in [9.17, 15) is 19.5 Å². The van der Waals surface area contributed by atoms with Gasteiger partial charge in [0.25, 0.3) is 0 Å². The second-order valence-corrected chi connectivity index (χ2v) is 8.77. The second kappa shape index (κ2) is 9.49. The van der Waals surface area contributed by atoms with Gasteiger partial charge >= 0.3 is 5.97 Å². The molecule has 166 valence electrons. The number of imidazole rings is 1. The quantitative estimate of drug-likeness (QED) is 0.630. The highest BCUT2D eigenvalue weighted by Gasteiger charge is 2.38. The van der Waals surface area contributed by atoms with Crippen LogP contribution in [-0.4, -0.2) is 56.4 Å². The molecule has 0 unspecified atom stereocenters. The standard InChI is InChI=1S/C23H30N4O4/c28-21(14-20-24-16-9-4-5-10-17(16)25-20)26-18(13-15-7-2-1-3-8-15)22(29)27-12-6-11-19(27)23(30)31/h4-5,9-10,15,18-19H,1-3,6-8,11-14H2,(H,24,25)(H,26,28)(H,30,31)/t18-,19-/m0/s1. The van der Waals surface area contributed by atoms with E-state index >= 15 is 0 Å². The third kappa shape index (κ3) is 5.06. The van der Waals surface area contributed by atoms with Gasteiger partial charge in [-0.05, 0) is 37.3 Å². The van der Waals surface area contributed by atoms with Crippen LogP contribution < -0.4 is 5.32 Å². The van der Waals surface area contributed by atoms with E-state index in [-0.39, 0.29) is 18.2 Å². The van der Waals surface area contributed by atoms with Crippen molar-refractivity contribution in [3.05, 3.63) is 30.1 Å². The molecule has 1 saturated heterocycles. The van der Waals surface area contributed by atoms with Crippen molar-refractivity contribution in [2.75, 3.05) is 6.54 Å². The molecule has 1 aromatic heterocycles. The molecule has 1 aliphatic carbocycles. The zero-order valence-electron chi connectivity index (χ0n) is 17.7. The number of fused-ring (bicyclic) bond motifs is 1. The van der Waals surface area contributed by atoms with E-state index in [1.165, 1.54) is 11.3 Å². The maximum atomic E-state index is 13.3. The minimum Gasteiger partial charge on any atom is -0.480 e. The lowest BCUT2D eigenvalue weighted by atomic mass is 9.84. The summed E-state index contributed by atoms with van der Waals surface area (Å²) in [5, 5.41) is 12.4. The number of nitrogens with zero attached hydrogens (tertiary/aromatic N) is 2. The highest BCUT2D eigenvalue weighted by atomic mass is 16.4. The van der Waals surface area contributed by atoms with Gasteiger partial charge in [0.05, 0.1) is 17.5 Å². The molecule has 2 heterocycles. The molecule has 2 aliphatic rings. The Morgan fingerprint density at radius 3 is 2.65 bits per heavy atom. The minimum absolute atomic E-state index is 0.0471. The number of likely N-dealkylation sites (tertiary alicyclic amines) is 1. The predicted molar refractivity (Wildman–Crippen MR) is 115 cm³/mol. The summed E-state index contributed by atoms with van der Waals surface area (Å²) in [6.07, 6.45) is 7.33. The number of amides is 2. The molecule has 2 amide bonds. The van der Waals surface area contributed by atoms with Crippen LogP contribution in [0.3, 0.4) is 0 Å². The van der Waals surface area contributed by atoms with E-state index < -0.39 is 18.1 Å². The fourth-order valence-electron chi connectivity index (χ4n) is 4.95.